The van der Waals surface area contributed by atoms with Crippen molar-refractivity contribution in [3.63, 3.8) is 0 Å². The van der Waals surface area contributed by atoms with Crippen molar-refractivity contribution < 1.29 is 18.0 Å². The zero-order valence-corrected chi connectivity index (χ0v) is 18.5. The van der Waals surface area contributed by atoms with Crippen molar-refractivity contribution >= 4 is 23.5 Å². The minimum absolute atomic E-state index is 0.0562. The lowest BCUT2D eigenvalue weighted by atomic mass is 9.99. The Bertz CT molecular complexity index is 1160. The van der Waals surface area contributed by atoms with E-state index >= 15 is 0 Å². The summed E-state index contributed by atoms with van der Waals surface area (Å²) in [5.74, 6) is 0.179. The van der Waals surface area contributed by atoms with E-state index in [0.29, 0.717) is 49.2 Å². The second kappa shape index (κ2) is 8.50. The summed E-state index contributed by atoms with van der Waals surface area (Å²) in [5.41, 5.74) is 1.86. The molecular weight excluding hydrogens is 453 g/mol. The van der Waals surface area contributed by atoms with Gasteiger partial charge in [0.05, 0.1) is 24.2 Å². The fourth-order valence-electron chi connectivity index (χ4n) is 4.72. The van der Waals surface area contributed by atoms with Gasteiger partial charge in [0, 0.05) is 43.3 Å². The van der Waals surface area contributed by atoms with Crippen LogP contribution < -0.4 is 0 Å². The van der Waals surface area contributed by atoms with E-state index in [1.807, 2.05) is 29.2 Å². The number of halogens is 4. The molecule has 0 fully saturated rings. The minimum atomic E-state index is -4.49. The Morgan fingerprint density at radius 1 is 0.970 bits per heavy atom. The molecule has 0 spiro atoms. The molecule has 0 atom stereocenters. The smallest absolute Gasteiger partial charge is 0.314 e. The first kappa shape index (κ1) is 22.0. The van der Waals surface area contributed by atoms with Crippen LogP contribution in [-0.4, -0.2) is 52.7 Å². The summed E-state index contributed by atoms with van der Waals surface area (Å²) in [5, 5.41) is 0.673. The van der Waals surface area contributed by atoms with Crippen molar-refractivity contribution in [2.75, 3.05) is 26.2 Å². The van der Waals surface area contributed by atoms with Crippen molar-refractivity contribution in [1.29, 1.82) is 0 Å². The molecule has 33 heavy (non-hydrogen) atoms. The molecule has 3 aliphatic rings. The number of nitrogens with zero attached hydrogens (tertiary/aromatic N) is 4. The third kappa shape index (κ3) is 4.13. The second-order valence-electron chi connectivity index (χ2n) is 8.36. The van der Waals surface area contributed by atoms with Gasteiger partial charge in [-0.2, -0.15) is 13.2 Å². The number of hydrogen-bond donors (Lipinski definition) is 0. The predicted molar refractivity (Wildman–Crippen MR) is 119 cm³/mol. The zero-order chi connectivity index (χ0) is 23.2. The first-order valence-electron chi connectivity index (χ1n) is 10.8. The van der Waals surface area contributed by atoms with Gasteiger partial charge in [0.15, 0.2) is 0 Å². The van der Waals surface area contributed by atoms with Gasteiger partial charge in [0.25, 0.3) is 5.91 Å². The number of amides is 1. The number of alkyl halides is 3. The third-order valence-electron chi connectivity index (χ3n) is 6.29. The summed E-state index contributed by atoms with van der Waals surface area (Å²) in [4.78, 5) is 23.6. The number of fused-ring (bicyclic) bond motifs is 2. The zero-order valence-electron chi connectivity index (χ0n) is 17.8. The highest BCUT2D eigenvalue weighted by atomic mass is 35.5. The van der Waals surface area contributed by atoms with Crippen molar-refractivity contribution in [2.24, 2.45) is 4.99 Å². The molecule has 172 valence electrons. The Kier molecular flexibility index (Phi) is 5.66. The van der Waals surface area contributed by atoms with E-state index in [2.05, 4.69) is 9.89 Å². The molecule has 0 unspecified atom stereocenters. The molecule has 1 amide bonds. The summed E-state index contributed by atoms with van der Waals surface area (Å²) in [6, 6.07) is 13.0. The molecule has 2 aromatic carbocycles. The molecule has 0 saturated carbocycles. The third-order valence-corrected chi connectivity index (χ3v) is 6.66. The largest absolute Gasteiger partial charge is 0.416 e. The number of carbonyl (C=O) groups is 1. The highest BCUT2D eigenvalue weighted by Gasteiger charge is 2.42. The van der Waals surface area contributed by atoms with Crippen LogP contribution in [0, 0.1) is 0 Å². The van der Waals surface area contributed by atoms with Crippen LogP contribution in [0.25, 0.3) is 0 Å². The molecule has 0 saturated heterocycles. The monoisotopic (exact) mass is 474 g/mol. The first-order chi connectivity index (χ1) is 15.8. The van der Waals surface area contributed by atoms with E-state index in [9.17, 15) is 18.0 Å². The van der Waals surface area contributed by atoms with E-state index in [1.54, 1.807) is 6.07 Å². The molecular formula is C24H22ClF3N4O. The maximum Gasteiger partial charge on any atom is 0.416 e. The van der Waals surface area contributed by atoms with Gasteiger partial charge in [0.2, 0.25) is 5.96 Å². The van der Waals surface area contributed by atoms with Crippen molar-refractivity contribution in [1.82, 2.24) is 14.7 Å². The molecule has 9 heteroatoms. The van der Waals surface area contributed by atoms with E-state index < -0.39 is 11.7 Å². The van der Waals surface area contributed by atoms with Gasteiger partial charge in [-0.25, -0.2) is 0 Å². The van der Waals surface area contributed by atoms with E-state index in [4.69, 9.17) is 11.6 Å². The standard InChI is InChI=1S/C24H22ClF3N4O/c25-20-8-4-2-6-17(20)13-30-11-9-21-18(15-30)22(33)32(23-29-10-12-31(21)23)14-16-5-1-3-7-19(16)24(26,27)28/h1-8H,9-15H2. The average molecular weight is 475 g/mol. The van der Waals surface area contributed by atoms with Crippen LogP contribution in [0.5, 0.6) is 0 Å². The molecule has 0 aromatic heterocycles. The van der Waals surface area contributed by atoms with Crippen LogP contribution in [0.4, 0.5) is 13.2 Å². The molecule has 0 aliphatic carbocycles. The number of aliphatic imine (C=N–C) groups is 1. The minimum Gasteiger partial charge on any atom is -0.314 e. The highest BCUT2D eigenvalue weighted by molar-refractivity contribution is 6.31. The van der Waals surface area contributed by atoms with Crippen LogP contribution in [0.2, 0.25) is 5.02 Å². The SMILES string of the molecule is O=C1C2=C(CCN(Cc3ccccc3Cl)C2)N2CCN=C2N1Cc1ccccc1C(F)(F)F. The maximum atomic E-state index is 13.6. The van der Waals surface area contributed by atoms with E-state index in [1.165, 1.54) is 17.0 Å². The number of hydrogen-bond acceptors (Lipinski definition) is 4. The number of rotatable bonds is 4. The molecule has 0 bridgehead atoms. The van der Waals surface area contributed by atoms with Crippen LogP contribution in [0.3, 0.4) is 0 Å². The lowest BCUT2D eigenvalue weighted by Gasteiger charge is -2.42. The van der Waals surface area contributed by atoms with Gasteiger partial charge in [-0.3, -0.25) is 19.6 Å². The predicted octanol–water partition coefficient (Wildman–Crippen LogP) is 4.53. The Balaban J connectivity index is 1.43. The van der Waals surface area contributed by atoms with Crippen LogP contribution in [0.15, 0.2) is 64.8 Å². The summed E-state index contributed by atoms with van der Waals surface area (Å²) in [6.07, 6.45) is -3.81. The van der Waals surface area contributed by atoms with Gasteiger partial charge >= 0.3 is 6.18 Å². The molecule has 5 rings (SSSR count). The Morgan fingerprint density at radius 2 is 1.70 bits per heavy atom. The first-order valence-corrected chi connectivity index (χ1v) is 11.2. The number of carbonyl (C=O) groups excluding carboxylic acids is 1. The van der Waals surface area contributed by atoms with Gasteiger partial charge in [-0.05, 0) is 23.3 Å². The Hall–Kier alpha value is -2.84. The summed E-state index contributed by atoms with van der Waals surface area (Å²) >= 11 is 6.32. The fourth-order valence-corrected chi connectivity index (χ4v) is 4.92. The van der Waals surface area contributed by atoms with Crippen molar-refractivity contribution in [3.05, 3.63) is 81.5 Å². The molecule has 2 aromatic rings. The average Bonchev–Trinajstić information content (AvgIpc) is 3.28. The second-order valence-corrected chi connectivity index (χ2v) is 8.76. The van der Waals surface area contributed by atoms with E-state index in [0.717, 1.165) is 23.9 Å². The maximum absolute atomic E-state index is 13.6. The summed E-state index contributed by atoms with van der Waals surface area (Å²) in [6.45, 7) is 2.74. The van der Waals surface area contributed by atoms with E-state index in [-0.39, 0.29) is 18.0 Å². The van der Waals surface area contributed by atoms with Crippen LogP contribution >= 0.6 is 11.6 Å². The van der Waals surface area contributed by atoms with Crippen LogP contribution in [-0.2, 0) is 24.1 Å². The van der Waals surface area contributed by atoms with Gasteiger partial charge in [-0.1, -0.05) is 48.0 Å². The lowest BCUT2D eigenvalue weighted by Crippen LogP contribution is -2.53. The quantitative estimate of drug-likeness (QED) is 0.653. The molecule has 0 N–H and O–H groups in total. The Morgan fingerprint density at radius 3 is 2.45 bits per heavy atom. The molecule has 3 aliphatic heterocycles. The molecule has 0 radical (unpaired) electrons. The lowest BCUT2D eigenvalue weighted by molar-refractivity contribution is -0.139. The molecule has 3 heterocycles. The highest BCUT2D eigenvalue weighted by Crippen LogP contribution is 2.36. The Labute approximate surface area is 194 Å². The topological polar surface area (TPSA) is 39.2 Å². The summed E-state index contributed by atoms with van der Waals surface area (Å²) in [7, 11) is 0. The van der Waals surface area contributed by atoms with Gasteiger partial charge in [-0.15, -0.1) is 0 Å². The normalized spacial score (nSPS) is 19.0. The fraction of sp³-hybridized carbons (Fsp3) is 0.333. The van der Waals surface area contributed by atoms with Gasteiger partial charge < -0.3 is 4.90 Å². The number of benzene rings is 2. The van der Waals surface area contributed by atoms with Crippen molar-refractivity contribution in [3.8, 4) is 0 Å². The van der Waals surface area contributed by atoms with Gasteiger partial charge in [0.1, 0.15) is 0 Å². The van der Waals surface area contributed by atoms with Crippen molar-refractivity contribution in [2.45, 2.75) is 25.7 Å². The summed E-state index contributed by atoms with van der Waals surface area (Å²) < 4.78 is 40.7. The number of guanidine groups is 1. The molecule has 5 nitrogen and oxygen atoms in total. The van der Waals surface area contributed by atoms with Crippen LogP contribution in [0.1, 0.15) is 23.1 Å².